The summed E-state index contributed by atoms with van der Waals surface area (Å²) in [5.41, 5.74) is -0.0136. The molecular formula is C23H25F3N4O3. The highest BCUT2D eigenvalue weighted by Crippen LogP contribution is 2.33. The molecule has 10 heteroatoms. The summed E-state index contributed by atoms with van der Waals surface area (Å²) in [4.78, 5) is 18.2. The molecule has 1 amide bonds. The molecule has 176 valence electrons. The van der Waals surface area contributed by atoms with Crippen molar-refractivity contribution in [2.75, 3.05) is 36.5 Å². The summed E-state index contributed by atoms with van der Waals surface area (Å²) in [5, 5.41) is 6.08. The molecule has 2 unspecified atom stereocenters. The Bertz CT molecular complexity index is 1050. The van der Waals surface area contributed by atoms with E-state index < -0.39 is 17.8 Å². The van der Waals surface area contributed by atoms with Gasteiger partial charge < -0.3 is 25.0 Å². The van der Waals surface area contributed by atoms with Crippen molar-refractivity contribution in [2.45, 2.75) is 32.1 Å². The molecule has 0 radical (unpaired) electrons. The maximum Gasteiger partial charge on any atom is 0.433 e. The average Bonchev–Trinajstić information content (AvgIpc) is 2.76. The number of rotatable bonds is 4. The van der Waals surface area contributed by atoms with Gasteiger partial charge in [-0.2, -0.15) is 13.2 Å². The first-order chi connectivity index (χ1) is 15.7. The minimum Gasteiger partial charge on any atom is -0.486 e. The van der Waals surface area contributed by atoms with Crippen LogP contribution in [0.4, 0.5) is 24.7 Å². The molecule has 1 fully saturated rings. The van der Waals surface area contributed by atoms with Gasteiger partial charge in [0.15, 0.2) is 11.5 Å². The van der Waals surface area contributed by atoms with Crippen molar-refractivity contribution >= 4 is 23.5 Å². The second-order valence-electron chi connectivity index (χ2n) is 8.16. The largest absolute Gasteiger partial charge is 0.486 e. The molecule has 1 aromatic carbocycles. The first-order valence-corrected chi connectivity index (χ1v) is 10.7. The summed E-state index contributed by atoms with van der Waals surface area (Å²) < 4.78 is 50.9. The van der Waals surface area contributed by atoms with Crippen LogP contribution in [0.1, 0.15) is 25.1 Å². The molecule has 2 aliphatic rings. The van der Waals surface area contributed by atoms with Gasteiger partial charge in [0.25, 0.3) is 0 Å². The molecular weight excluding hydrogens is 437 g/mol. The van der Waals surface area contributed by atoms with E-state index in [1.54, 1.807) is 18.2 Å². The van der Waals surface area contributed by atoms with Crippen LogP contribution in [0.3, 0.4) is 0 Å². The lowest BCUT2D eigenvalue weighted by molar-refractivity contribution is -0.141. The first-order valence-electron chi connectivity index (χ1n) is 10.7. The molecule has 0 bridgehead atoms. The highest BCUT2D eigenvalue weighted by molar-refractivity contribution is 6.02. The minimum atomic E-state index is -4.56. The van der Waals surface area contributed by atoms with Gasteiger partial charge in [-0.1, -0.05) is 0 Å². The third kappa shape index (κ3) is 5.57. The molecule has 1 saturated heterocycles. The summed E-state index contributed by atoms with van der Waals surface area (Å²) in [6.45, 7) is 5.83. The molecule has 33 heavy (non-hydrogen) atoms. The predicted octanol–water partition coefficient (Wildman–Crippen LogP) is 3.71. The molecule has 4 rings (SSSR count). The van der Waals surface area contributed by atoms with Gasteiger partial charge in [-0.15, -0.1) is 0 Å². The van der Waals surface area contributed by atoms with Crippen LogP contribution in [-0.4, -0.2) is 49.3 Å². The van der Waals surface area contributed by atoms with Gasteiger partial charge in [0.1, 0.15) is 24.7 Å². The molecule has 2 N–H and O–H groups in total. The summed E-state index contributed by atoms with van der Waals surface area (Å²) in [6, 6.07) is 7.50. The smallest absolute Gasteiger partial charge is 0.433 e. The second kappa shape index (κ2) is 9.30. The Kier molecular flexibility index (Phi) is 6.46. The van der Waals surface area contributed by atoms with Gasteiger partial charge in [-0.05, 0) is 44.2 Å². The lowest BCUT2D eigenvalue weighted by Crippen LogP contribution is -2.54. The second-order valence-corrected chi connectivity index (χ2v) is 8.16. The van der Waals surface area contributed by atoms with Crippen molar-refractivity contribution in [1.82, 2.24) is 10.3 Å². The van der Waals surface area contributed by atoms with Crippen LogP contribution in [-0.2, 0) is 11.0 Å². The van der Waals surface area contributed by atoms with Crippen LogP contribution >= 0.6 is 0 Å². The summed E-state index contributed by atoms with van der Waals surface area (Å²) in [5.74, 6) is 0.918. The Hall–Kier alpha value is -3.27. The number of carbonyl (C=O) groups is 1. The topological polar surface area (TPSA) is 75.7 Å². The van der Waals surface area contributed by atoms with Crippen LogP contribution in [0.25, 0.3) is 6.08 Å². The van der Waals surface area contributed by atoms with Gasteiger partial charge in [0.05, 0.1) is 0 Å². The van der Waals surface area contributed by atoms with Crippen LogP contribution in [0.2, 0.25) is 0 Å². The van der Waals surface area contributed by atoms with Crippen molar-refractivity contribution in [3.63, 3.8) is 0 Å². The van der Waals surface area contributed by atoms with Crippen molar-refractivity contribution in [3.05, 3.63) is 47.7 Å². The third-order valence-electron chi connectivity index (χ3n) is 5.28. The normalized spacial score (nSPS) is 20.7. The Morgan fingerprint density at radius 2 is 1.82 bits per heavy atom. The fraction of sp³-hybridized carbons (Fsp3) is 0.391. The van der Waals surface area contributed by atoms with E-state index >= 15 is 0 Å². The van der Waals surface area contributed by atoms with E-state index in [0.29, 0.717) is 49.1 Å². The Morgan fingerprint density at radius 3 is 2.52 bits per heavy atom. The molecule has 7 nitrogen and oxygen atoms in total. The lowest BCUT2D eigenvalue weighted by atomic mass is 10.1. The highest BCUT2D eigenvalue weighted by atomic mass is 19.4. The summed E-state index contributed by atoms with van der Waals surface area (Å²) in [6.07, 6.45) is -1.80. The maximum absolute atomic E-state index is 13.3. The number of fused-ring (bicyclic) bond motifs is 1. The maximum atomic E-state index is 13.3. The van der Waals surface area contributed by atoms with Gasteiger partial charge in [0, 0.05) is 48.6 Å². The number of carbonyl (C=O) groups excluding carboxylic acids is 1. The fourth-order valence-electron chi connectivity index (χ4n) is 3.97. The standard InChI is InChI=1S/C23H25F3N4O3/c1-14-12-30(13-15(2)27-14)22-16(3-7-20(29-22)23(24,25)26)4-8-21(31)28-17-5-6-18-19(11-17)33-10-9-32-18/h3-8,11,14-15,27H,9-10,12-13H2,1-2H3,(H,28,31). The summed E-state index contributed by atoms with van der Waals surface area (Å²) >= 11 is 0. The molecule has 2 atom stereocenters. The Morgan fingerprint density at radius 1 is 1.12 bits per heavy atom. The number of ether oxygens (including phenoxy) is 2. The van der Waals surface area contributed by atoms with E-state index in [-0.39, 0.29) is 17.9 Å². The van der Waals surface area contributed by atoms with Crippen LogP contribution < -0.4 is 25.0 Å². The number of nitrogens with zero attached hydrogens (tertiary/aromatic N) is 2. The van der Waals surface area contributed by atoms with Crippen molar-refractivity contribution in [2.24, 2.45) is 0 Å². The zero-order valence-electron chi connectivity index (χ0n) is 18.3. The number of pyridine rings is 1. The number of amides is 1. The highest BCUT2D eigenvalue weighted by Gasteiger charge is 2.34. The average molecular weight is 462 g/mol. The van der Waals surface area contributed by atoms with Crippen molar-refractivity contribution in [1.29, 1.82) is 0 Å². The quantitative estimate of drug-likeness (QED) is 0.675. The number of halogens is 3. The lowest BCUT2D eigenvalue weighted by Gasteiger charge is -2.37. The number of nitrogens with one attached hydrogen (secondary N) is 2. The number of piperazine rings is 1. The van der Waals surface area contributed by atoms with E-state index in [1.165, 1.54) is 18.2 Å². The van der Waals surface area contributed by atoms with Crippen LogP contribution in [0, 0.1) is 0 Å². The van der Waals surface area contributed by atoms with E-state index in [9.17, 15) is 18.0 Å². The molecule has 0 spiro atoms. The van der Waals surface area contributed by atoms with Gasteiger partial charge in [-0.3, -0.25) is 4.79 Å². The first kappa shape index (κ1) is 22.9. The number of alkyl halides is 3. The van der Waals surface area contributed by atoms with E-state index in [4.69, 9.17) is 9.47 Å². The van der Waals surface area contributed by atoms with Crippen molar-refractivity contribution < 1.29 is 27.4 Å². The van der Waals surface area contributed by atoms with Crippen LogP contribution in [0.15, 0.2) is 36.4 Å². The molecule has 2 aliphatic heterocycles. The summed E-state index contributed by atoms with van der Waals surface area (Å²) in [7, 11) is 0. The molecule has 0 aliphatic carbocycles. The monoisotopic (exact) mass is 462 g/mol. The fourth-order valence-corrected chi connectivity index (χ4v) is 3.97. The van der Waals surface area contributed by atoms with Gasteiger partial charge in [-0.25, -0.2) is 4.98 Å². The zero-order chi connectivity index (χ0) is 23.6. The van der Waals surface area contributed by atoms with Crippen LogP contribution in [0.5, 0.6) is 11.5 Å². The number of hydrogen-bond acceptors (Lipinski definition) is 6. The Balaban J connectivity index is 1.55. The van der Waals surface area contributed by atoms with E-state index in [2.05, 4.69) is 15.6 Å². The number of anilines is 2. The van der Waals surface area contributed by atoms with Crippen molar-refractivity contribution in [3.8, 4) is 11.5 Å². The zero-order valence-corrected chi connectivity index (χ0v) is 18.3. The van der Waals surface area contributed by atoms with E-state index in [0.717, 1.165) is 6.07 Å². The minimum absolute atomic E-state index is 0.0837. The SMILES string of the molecule is CC1CN(c2nc(C(F)(F)F)ccc2C=CC(=O)Nc2ccc3c(c2)OCCO3)CC(C)N1. The number of aromatic nitrogens is 1. The van der Waals surface area contributed by atoms with Gasteiger partial charge in [0.2, 0.25) is 5.91 Å². The molecule has 2 aromatic rings. The number of benzene rings is 1. The molecule has 3 heterocycles. The van der Waals surface area contributed by atoms with E-state index in [1.807, 2.05) is 18.7 Å². The Labute approximate surface area is 189 Å². The molecule has 1 aromatic heterocycles. The predicted molar refractivity (Wildman–Crippen MR) is 119 cm³/mol. The number of hydrogen-bond donors (Lipinski definition) is 2. The van der Waals surface area contributed by atoms with Gasteiger partial charge >= 0.3 is 6.18 Å². The third-order valence-corrected chi connectivity index (χ3v) is 5.28. The molecule has 0 saturated carbocycles.